The number of benzene rings is 1. The van der Waals surface area contributed by atoms with Crippen molar-refractivity contribution in [3.63, 3.8) is 0 Å². The van der Waals surface area contributed by atoms with Crippen LogP contribution in [0.25, 0.3) is 11.5 Å². The van der Waals surface area contributed by atoms with Crippen molar-refractivity contribution < 1.29 is 19.1 Å². The third-order valence-corrected chi connectivity index (χ3v) is 4.00. The van der Waals surface area contributed by atoms with E-state index in [1.54, 1.807) is 7.11 Å². The van der Waals surface area contributed by atoms with Crippen molar-refractivity contribution in [2.24, 2.45) is 5.92 Å². The lowest BCUT2D eigenvalue weighted by Gasteiger charge is -2.29. The zero-order valence-corrected chi connectivity index (χ0v) is 12.9. The van der Waals surface area contributed by atoms with Crippen LogP contribution in [0, 0.1) is 5.92 Å². The number of rotatable bonds is 5. The van der Waals surface area contributed by atoms with Gasteiger partial charge in [0.15, 0.2) is 0 Å². The van der Waals surface area contributed by atoms with E-state index in [-0.39, 0.29) is 5.92 Å². The number of hydrogen-bond acceptors (Lipinski definition) is 6. The number of methoxy groups -OCH3 is 1. The molecule has 1 aromatic carbocycles. The summed E-state index contributed by atoms with van der Waals surface area (Å²) >= 11 is 0. The summed E-state index contributed by atoms with van der Waals surface area (Å²) in [5.41, 5.74) is 0.796. The van der Waals surface area contributed by atoms with Gasteiger partial charge < -0.3 is 14.3 Å². The average molecular weight is 317 g/mol. The number of carboxylic acids is 1. The molecule has 1 aliphatic rings. The number of nitrogens with zero attached hydrogens (tertiary/aromatic N) is 3. The van der Waals surface area contributed by atoms with Gasteiger partial charge in [0.1, 0.15) is 5.75 Å². The van der Waals surface area contributed by atoms with E-state index in [1.807, 2.05) is 29.2 Å². The molecule has 1 unspecified atom stereocenters. The predicted molar refractivity (Wildman–Crippen MR) is 81.9 cm³/mol. The lowest BCUT2D eigenvalue weighted by atomic mass is 9.98. The number of carboxylic acid groups (broad SMARTS) is 1. The Morgan fingerprint density at radius 1 is 1.48 bits per heavy atom. The van der Waals surface area contributed by atoms with Gasteiger partial charge in [-0.15, -0.1) is 10.2 Å². The van der Waals surface area contributed by atoms with Crippen molar-refractivity contribution in [1.29, 1.82) is 0 Å². The van der Waals surface area contributed by atoms with Gasteiger partial charge >= 0.3 is 5.97 Å². The van der Waals surface area contributed by atoms with Crippen molar-refractivity contribution in [2.45, 2.75) is 19.4 Å². The van der Waals surface area contributed by atoms with Gasteiger partial charge in [-0.2, -0.15) is 0 Å². The Morgan fingerprint density at radius 3 is 3.13 bits per heavy atom. The summed E-state index contributed by atoms with van der Waals surface area (Å²) in [6, 6.07) is 7.42. The Hall–Kier alpha value is -2.41. The molecule has 7 nitrogen and oxygen atoms in total. The summed E-state index contributed by atoms with van der Waals surface area (Å²) in [5, 5.41) is 17.3. The highest BCUT2D eigenvalue weighted by molar-refractivity contribution is 5.70. The van der Waals surface area contributed by atoms with Crippen LogP contribution in [0.5, 0.6) is 5.75 Å². The van der Waals surface area contributed by atoms with Crippen LogP contribution >= 0.6 is 0 Å². The Bertz CT molecular complexity index is 685. The largest absolute Gasteiger partial charge is 0.497 e. The van der Waals surface area contributed by atoms with Crippen molar-refractivity contribution in [3.8, 4) is 17.2 Å². The fourth-order valence-electron chi connectivity index (χ4n) is 2.78. The second-order valence-electron chi connectivity index (χ2n) is 5.65. The van der Waals surface area contributed by atoms with Gasteiger partial charge in [-0.1, -0.05) is 6.07 Å². The normalized spacial score (nSPS) is 18.7. The molecule has 1 aliphatic heterocycles. The van der Waals surface area contributed by atoms with Crippen LogP contribution in [0.4, 0.5) is 0 Å². The highest BCUT2D eigenvalue weighted by atomic mass is 16.5. The third-order valence-electron chi connectivity index (χ3n) is 4.00. The zero-order chi connectivity index (χ0) is 16.2. The average Bonchev–Trinajstić information content (AvgIpc) is 3.03. The minimum absolute atomic E-state index is 0.315. The maximum Gasteiger partial charge on any atom is 0.307 e. The molecule has 122 valence electrons. The van der Waals surface area contributed by atoms with E-state index in [1.165, 1.54) is 0 Å². The van der Waals surface area contributed by atoms with Gasteiger partial charge in [-0.05, 0) is 37.6 Å². The van der Waals surface area contributed by atoms with Crippen molar-refractivity contribution in [3.05, 3.63) is 30.2 Å². The van der Waals surface area contributed by atoms with Crippen molar-refractivity contribution in [1.82, 2.24) is 15.1 Å². The number of likely N-dealkylation sites (tertiary alicyclic amines) is 1. The molecule has 0 aliphatic carbocycles. The fraction of sp³-hybridized carbons (Fsp3) is 0.438. The maximum absolute atomic E-state index is 11.1. The van der Waals surface area contributed by atoms with E-state index < -0.39 is 5.97 Å². The Balaban J connectivity index is 1.68. The van der Waals surface area contributed by atoms with Gasteiger partial charge in [-0.3, -0.25) is 9.69 Å². The second kappa shape index (κ2) is 6.78. The molecule has 1 atom stereocenters. The summed E-state index contributed by atoms with van der Waals surface area (Å²) in [7, 11) is 1.60. The van der Waals surface area contributed by atoms with Crippen LogP contribution in [-0.4, -0.2) is 46.4 Å². The highest BCUT2D eigenvalue weighted by Crippen LogP contribution is 2.24. The first-order valence-electron chi connectivity index (χ1n) is 7.57. The Morgan fingerprint density at radius 2 is 2.35 bits per heavy atom. The van der Waals surface area contributed by atoms with E-state index in [9.17, 15) is 4.79 Å². The lowest BCUT2D eigenvalue weighted by molar-refractivity contribution is -0.143. The SMILES string of the molecule is COc1cccc(-c2nnc(CN3CCCC(C(=O)O)C3)o2)c1. The molecule has 1 saturated heterocycles. The van der Waals surface area contributed by atoms with E-state index in [4.69, 9.17) is 14.3 Å². The summed E-state index contributed by atoms with van der Waals surface area (Å²) in [6.07, 6.45) is 1.60. The number of hydrogen-bond donors (Lipinski definition) is 1. The third kappa shape index (κ3) is 3.68. The van der Waals surface area contributed by atoms with Gasteiger partial charge in [-0.25, -0.2) is 0 Å². The van der Waals surface area contributed by atoms with Crippen LogP contribution in [0.15, 0.2) is 28.7 Å². The standard InChI is InChI=1S/C16H19N3O4/c1-22-13-6-2-4-11(8-13)15-18-17-14(23-15)10-19-7-3-5-12(9-19)16(20)21/h2,4,6,8,12H,3,5,7,9-10H2,1H3,(H,20,21). The molecule has 3 rings (SSSR count). The number of aliphatic carboxylic acids is 1. The number of piperidine rings is 1. The van der Waals surface area contributed by atoms with Gasteiger partial charge in [0, 0.05) is 12.1 Å². The molecule has 2 aromatic rings. The molecule has 0 radical (unpaired) electrons. The van der Waals surface area contributed by atoms with Crippen molar-refractivity contribution >= 4 is 5.97 Å². The summed E-state index contributed by atoms with van der Waals surface area (Å²) < 4.78 is 10.9. The molecule has 7 heteroatoms. The number of carbonyl (C=O) groups is 1. The first-order chi connectivity index (χ1) is 11.2. The Labute approximate surface area is 133 Å². The van der Waals surface area contributed by atoms with Crippen LogP contribution < -0.4 is 4.74 Å². The quantitative estimate of drug-likeness (QED) is 0.902. The predicted octanol–water partition coefficient (Wildman–Crippen LogP) is 2.04. The number of aromatic nitrogens is 2. The lowest BCUT2D eigenvalue weighted by Crippen LogP contribution is -2.38. The monoisotopic (exact) mass is 317 g/mol. The molecular formula is C16H19N3O4. The van der Waals surface area contributed by atoms with Gasteiger partial charge in [0.05, 0.1) is 19.6 Å². The molecule has 1 N–H and O–H groups in total. The number of ether oxygens (including phenoxy) is 1. The van der Waals surface area contributed by atoms with Crippen LogP contribution in [0.3, 0.4) is 0 Å². The topological polar surface area (TPSA) is 88.7 Å². The first-order valence-corrected chi connectivity index (χ1v) is 7.57. The molecule has 0 bridgehead atoms. The fourth-order valence-corrected chi connectivity index (χ4v) is 2.78. The molecule has 0 amide bonds. The smallest absolute Gasteiger partial charge is 0.307 e. The molecule has 23 heavy (non-hydrogen) atoms. The zero-order valence-electron chi connectivity index (χ0n) is 12.9. The van der Waals surface area contributed by atoms with Crippen LogP contribution in [0.2, 0.25) is 0 Å². The van der Waals surface area contributed by atoms with Crippen molar-refractivity contribution in [2.75, 3.05) is 20.2 Å². The molecule has 0 saturated carbocycles. The highest BCUT2D eigenvalue weighted by Gasteiger charge is 2.26. The molecular weight excluding hydrogens is 298 g/mol. The van der Waals surface area contributed by atoms with E-state index in [0.29, 0.717) is 24.9 Å². The van der Waals surface area contributed by atoms with E-state index >= 15 is 0 Å². The minimum atomic E-state index is -0.739. The van der Waals surface area contributed by atoms with Gasteiger partial charge in [0.2, 0.25) is 11.8 Å². The summed E-state index contributed by atoms with van der Waals surface area (Å²) in [5.74, 6) is 0.601. The van der Waals surface area contributed by atoms with Crippen LogP contribution in [-0.2, 0) is 11.3 Å². The van der Waals surface area contributed by atoms with E-state index in [2.05, 4.69) is 10.2 Å². The molecule has 1 aromatic heterocycles. The summed E-state index contributed by atoms with van der Waals surface area (Å²) in [4.78, 5) is 13.2. The molecule has 2 heterocycles. The summed E-state index contributed by atoms with van der Waals surface area (Å²) in [6.45, 7) is 1.84. The van der Waals surface area contributed by atoms with E-state index in [0.717, 1.165) is 30.7 Å². The van der Waals surface area contributed by atoms with Crippen LogP contribution in [0.1, 0.15) is 18.7 Å². The molecule has 0 spiro atoms. The van der Waals surface area contributed by atoms with Gasteiger partial charge in [0.25, 0.3) is 0 Å². The Kier molecular flexibility index (Phi) is 4.57. The molecule has 1 fully saturated rings. The second-order valence-corrected chi connectivity index (χ2v) is 5.65. The first kappa shape index (κ1) is 15.5. The minimum Gasteiger partial charge on any atom is -0.497 e. The maximum atomic E-state index is 11.1.